The summed E-state index contributed by atoms with van der Waals surface area (Å²) in [6.45, 7) is -0.679. The molecule has 2 heterocycles. The summed E-state index contributed by atoms with van der Waals surface area (Å²) >= 11 is 0. The van der Waals surface area contributed by atoms with Crippen molar-refractivity contribution in [3.63, 3.8) is 0 Å². The lowest BCUT2D eigenvalue weighted by atomic mass is 9.86. The predicted octanol–water partition coefficient (Wildman–Crippen LogP) is 3.16. The lowest BCUT2D eigenvalue weighted by Gasteiger charge is -2.29. The van der Waals surface area contributed by atoms with E-state index in [0.717, 1.165) is 0 Å². The number of benzene rings is 2. The number of nitrogens with zero attached hydrogens (tertiary/aromatic N) is 2. The van der Waals surface area contributed by atoms with Crippen molar-refractivity contribution in [2.45, 2.75) is 18.2 Å². The first-order valence-electron chi connectivity index (χ1n) is 12.2. The number of hydrogen-bond donors (Lipinski definition) is 2. The number of pyridine rings is 1. The van der Waals surface area contributed by atoms with Gasteiger partial charge in [-0.3, -0.25) is 19.5 Å². The topological polar surface area (TPSA) is 154 Å². The number of hydrogen-bond acceptors (Lipinski definition) is 9. The molecule has 12 nitrogen and oxygen atoms in total. The minimum absolute atomic E-state index is 0.0680. The summed E-state index contributed by atoms with van der Waals surface area (Å²) in [6.07, 6.45) is -0.893. The van der Waals surface area contributed by atoms with Crippen LogP contribution in [0.2, 0.25) is 0 Å². The number of amides is 2. The van der Waals surface area contributed by atoms with E-state index in [-0.39, 0.29) is 22.6 Å². The van der Waals surface area contributed by atoms with Crippen LogP contribution in [0.5, 0.6) is 17.2 Å². The van der Waals surface area contributed by atoms with E-state index in [2.05, 4.69) is 10.3 Å². The lowest BCUT2D eigenvalue weighted by molar-refractivity contribution is -0.00846. The molecular formula is C28H26FN3O9. The average molecular weight is 568 g/mol. The monoisotopic (exact) mass is 567 g/mol. The van der Waals surface area contributed by atoms with Crippen LogP contribution in [0, 0.1) is 5.82 Å². The van der Waals surface area contributed by atoms with Crippen molar-refractivity contribution >= 4 is 23.8 Å². The third-order valence-electron chi connectivity index (χ3n) is 6.56. The SMILES string of the molecule is COc1cc(OC)c(C(=O)C2(NC(=O)c3ccncc3)CC(OC(=O)c3ccccc3)N(C(=O)O)C2)c(F)c1OC. The average Bonchev–Trinajstić information content (AvgIpc) is 3.36. The highest BCUT2D eigenvalue weighted by molar-refractivity contribution is 6.10. The molecule has 0 spiro atoms. The predicted molar refractivity (Wildman–Crippen MR) is 140 cm³/mol. The fraction of sp³-hybridized carbons (Fsp3) is 0.250. The molecule has 0 aliphatic carbocycles. The Balaban J connectivity index is 1.83. The second-order valence-corrected chi connectivity index (χ2v) is 8.95. The molecule has 2 unspecified atom stereocenters. The van der Waals surface area contributed by atoms with Crippen LogP contribution >= 0.6 is 0 Å². The molecule has 1 saturated heterocycles. The van der Waals surface area contributed by atoms with Gasteiger partial charge in [-0.15, -0.1) is 0 Å². The summed E-state index contributed by atoms with van der Waals surface area (Å²) < 4.78 is 36.9. The number of likely N-dealkylation sites (tertiary alicyclic amines) is 1. The van der Waals surface area contributed by atoms with Crippen molar-refractivity contribution in [3.05, 3.63) is 83.4 Å². The molecule has 214 valence electrons. The van der Waals surface area contributed by atoms with Gasteiger partial charge in [-0.2, -0.15) is 0 Å². The van der Waals surface area contributed by atoms with Crippen molar-refractivity contribution in [2.75, 3.05) is 27.9 Å². The molecule has 1 fully saturated rings. The highest BCUT2D eigenvalue weighted by atomic mass is 19.1. The van der Waals surface area contributed by atoms with Gasteiger partial charge < -0.3 is 29.4 Å². The number of rotatable bonds is 9. The molecule has 0 bridgehead atoms. The smallest absolute Gasteiger partial charge is 0.410 e. The Morgan fingerprint density at radius 2 is 1.63 bits per heavy atom. The lowest BCUT2D eigenvalue weighted by Crippen LogP contribution is -2.56. The van der Waals surface area contributed by atoms with Gasteiger partial charge in [-0.25, -0.2) is 14.0 Å². The Morgan fingerprint density at radius 3 is 2.22 bits per heavy atom. The van der Waals surface area contributed by atoms with Crippen LogP contribution < -0.4 is 19.5 Å². The highest BCUT2D eigenvalue weighted by Crippen LogP contribution is 2.42. The molecule has 2 amide bonds. The van der Waals surface area contributed by atoms with E-state index in [0.29, 0.717) is 4.90 Å². The number of nitrogens with one attached hydrogen (secondary N) is 1. The molecule has 0 saturated carbocycles. The number of halogens is 1. The maximum absolute atomic E-state index is 15.8. The van der Waals surface area contributed by atoms with Gasteiger partial charge in [0.05, 0.1) is 33.4 Å². The van der Waals surface area contributed by atoms with E-state index in [1.807, 2.05) is 0 Å². The summed E-state index contributed by atoms with van der Waals surface area (Å²) in [6, 6.07) is 11.8. The quantitative estimate of drug-likeness (QED) is 0.291. The van der Waals surface area contributed by atoms with E-state index >= 15 is 4.39 Å². The molecule has 1 aliphatic heterocycles. The summed E-state index contributed by atoms with van der Waals surface area (Å²) in [7, 11) is 3.63. The van der Waals surface area contributed by atoms with E-state index in [9.17, 15) is 24.3 Å². The largest absolute Gasteiger partial charge is 0.496 e. The van der Waals surface area contributed by atoms with Gasteiger partial charge in [0, 0.05) is 30.4 Å². The second kappa shape index (κ2) is 11.9. The van der Waals surface area contributed by atoms with E-state index < -0.39 is 65.6 Å². The molecule has 2 atom stereocenters. The van der Waals surface area contributed by atoms with Crippen molar-refractivity contribution < 1.29 is 47.6 Å². The fourth-order valence-electron chi connectivity index (χ4n) is 4.57. The van der Waals surface area contributed by atoms with Gasteiger partial charge in [0.25, 0.3) is 5.91 Å². The van der Waals surface area contributed by atoms with Crippen LogP contribution in [0.1, 0.15) is 37.5 Å². The maximum atomic E-state index is 15.8. The molecular weight excluding hydrogens is 541 g/mol. The van der Waals surface area contributed by atoms with Crippen LogP contribution in [0.3, 0.4) is 0 Å². The minimum Gasteiger partial charge on any atom is -0.496 e. The van der Waals surface area contributed by atoms with Crippen LogP contribution in [0.25, 0.3) is 0 Å². The van der Waals surface area contributed by atoms with Gasteiger partial charge >= 0.3 is 12.1 Å². The van der Waals surface area contributed by atoms with Crippen molar-refractivity contribution in [1.82, 2.24) is 15.2 Å². The standard InChI is InChI=1S/C28H26FN3O9/c1-38-18-13-19(39-2)23(40-3)22(29)21(18)24(33)28(31-25(34)16-9-11-30-12-10-16)14-20(32(15-28)27(36)37)41-26(35)17-7-5-4-6-8-17/h4-13,20H,14-15H2,1-3H3,(H,31,34)(H,36,37). The van der Waals surface area contributed by atoms with E-state index in [1.54, 1.807) is 18.2 Å². The normalized spacial score (nSPS) is 17.9. The minimum atomic E-state index is -2.10. The summed E-state index contributed by atoms with van der Waals surface area (Å²) in [5.74, 6) is -4.57. The maximum Gasteiger partial charge on any atom is 0.410 e. The Kier molecular flexibility index (Phi) is 8.36. The first-order chi connectivity index (χ1) is 19.7. The highest BCUT2D eigenvalue weighted by Gasteiger charge is 2.55. The number of carbonyl (C=O) groups excluding carboxylic acids is 3. The van der Waals surface area contributed by atoms with Crippen LogP contribution in [0.4, 0.5) is 9.18 Å². The summed E-state index contributed by atoms with van der Waals surface area (Å²) in [4.78, 5) is 57.2. The number of ether oxygens (including phenoxy) is 4. The van der Waals surface area contributed by atoms with Crippen LogP contribution in [-0.4, -0.2) is 78.4 Å². The molecule has 1 aliphatic rings. The van der Waals surface area contributed by atoms with Crippen LogP contribution in [-0.2, 0) is 4.74 Å². The van der Waals surface area contributed by atoms with E-state index in [1.165, 1.54) is 64.1 Å². The Hall–Kier alpha value is -5.20. The Morgan fingerprint density at radius 1 is 0.976 bits per heavy atom. The number of esters is 1. The third-order valence-corrected chi connectivity index (χ3v) is 6.56. The first-order valence-corrected chi connectivity index (χ1v) is 12.2. The van der Waals surface area contributed by atoms with Gasteiger partial charge in [0.1, 0.15) is 16.9 Å². The molecule has 2 N–H and O–H groups in total. The second-order valence-electron chi connectivity index (χ2n) is 8.95. The molecule has 4 rings (SSSR count). The molecule has 41 heavy (non-hydrogen) atoms. The number of carbonyl (C=O) groups is 4. The molecule has 1 aromatic heterocycles. The van der Waals surface area contributed by atoms with Crippen molar-refractivity contribution in [1.29, 1.82) is 0 Å². The molecule has 13 heteroatoms. The Labute approximate surface area is 233 Å². The summed E-state index contributed by atoms with van der Waals surface area (Å²) in [5.41, 5.74) is -2.50. The van der Waals surface area contributed by atoms with Gasteiger partial charge in [-0.1, -0.05) is 18.2 Å². The third kappa shape index (κ3) is 5.60. The van der Waals surface area contributed by atoms with Crippen molar-refractivity contribution in [3.8, 4) is 17.2 Å². The number of Topliss-reactive ketones (excluding diaryl/α,β-unsaturated/α-hetero) is 1. The van der Waals surface area contributed by atoms with Crippen molar-refractivity contribution in [2.24, 2.45) is 0 Å². The van der Waals surface area contributed by atoms with Gasteiger partial charge in [-0.05, 0) is 24.3 Å². The molecule has 2 aromatic carbocycles. The Bertz CT molecular complexity index is 1470. The fourth-order valence-corrected chi connectivity index (χ4v) is 4.57. The van der Waals surface area contributed by atoms with E-state index in [4.69, 9.17) is 18.9 Å². The number of carboxylic acid groups (broad SMARTS) is 1. The van der Waals surface area contributed by atoms with Crippen LogP contribution in [0.15, 0.2) is 60.9 Å². The number of aromatic nitrogens is 1. The zero-order valence-corrected chi connectivity index (χ0v) is 22.3. The van der Waals surface area contributed by atoms with Gasteiger partial charge in [0.2, 0.25) is 0 Å². The molecule has 3 aromatic rings. The zero-order chi connectivity index (χ0) is 29.7. The zero-order valence-electron chi connectivity index (χ0n) is 22.3. The first kappa shape index (κ1) is 28.8. The van der Waals surface area contributed by atoms with Gasteiger partial charge in [0.15, 0.2) is 29.3 Å². The summed E-state index contributed by atoms with van der Waals surface area (Å²) in [5, 5.41) is 12.5. The molecule has 0 radical (unpaired) electrons. The number of methoxy groups -OCH3 is 3. The number of ketones is 1.